The molecule has 0 aromatic heterocycles. The molecule has 0 aromatic rings. The van der Waals surface area contributed by atoms with E-state index in [2.05, 4.69) is 13.5 Å². The number of ether oxygens (including phenoxy) is 1. The van der Waals surface area contributed by atoms with Crippen molar-refractivity contribution in [1.82, 2.24) is 0 Å². The van der Waals surface area contributed by atoms with Gasteiger partial charge in [0.25, 0.3) is 0 Å². The summed E-state index contributed by atoms with van der Waals surface area (Å²) in [6.07, 6.45) is 3.19. The summed E-state index contributed by atoms with van der Waals surface area (Å²) < 4.78 is 5.12. The summed E-state index contributed by atoms with van der Waals surface area (Å²) >= 11 is 0. The van der Waals surface area contributed by atoms with Gasteiger partial charge in [-0.25, -0.2) is 4.79 Å². The molecule has 0 amide bonds. The molecule has 1 saturated heterocycles. The highest BCUT2D eigenvalue weighted by Gasteiger charge is 2.51. The Morgan fingerprint density at radius 2 is 2.36 bits per heavy atom. The van der Waals surface area contributed by atoms with Gasteiger partial charge in [0.15, 0.2) is 6.10 Å². The molecule has 3 atom stereocenters. The van der Waals surface area contributed by atoms with Crippen LogP contribution < -0.4 is 0 Å². The van der Waals surface area contributed by atoms with Gasteiger partial charge in [-0.15, -0.1) is 6.58 Å². The van der Waals surface area contributed by atoms with Gasteiger partial charge in [0.2, 0.25) is 0 Å². The highest BCUT2D eigenvalue weighted by molar-refractivity contribution is 5.78. The molecule has 1 aliphatic rings. The molecule has 0 aromatic carbocycles. The zero-order valence-electron chi connectivity index (χ0n) is 8.82. The Bertz CT molecular complexity index is 237. The lowest BCUT2D eigenvalue weighted by molar-refractivity contribution is -0.147. The molecule has 1 heterocycles. The van der Waals surface area contributed by atoms with Gasteiger partial charge in [0.05, 0.1) is 5.41 Å². The Balaban J connectivity index is 2.75. The maximum absolute atomic E-state index is 11.2. The Morgan fingerprint density at radius 3 is 2.86 bits per heavy atom. The number of hydrogen-bond acceptors (Lipinski definition) is 3. The van der Waals surface area contributed by atoms with Gasteiger partial charge in [-0.3, -0.25) is 0 Å². The van der Waals surface area contributed by atoms with Gasteiger partial charge in [0.1, 0.15) is 6.10 Å². The molecule has 1 fully saturated rings. The molecule has 0 bridgehead atoms. The molecule has 0 saturated carbocycles. The SMILES string of the molecule is C=C[C@]1(C)[C@@H](CCCC)OC(=O)[C@@H]1O. The Kier molecular flexibility index (Phi) is 3.32. The van der Waals surface area contributed by atoms with Crippen LogP contribution in [0.5, 0.6) is 0 Å². The van der Waals surface area contributed by atoms with Gasteiger partial charge in [-0.1, -0.05) is 25.8 Å². The quantitative estimate of drug-likeness (QED) is 0.552. The third-order valence-corrected chi connectivity index (χ3v) is 3.02. The van der Waals surface area contributed by atoms with Crippen LogP contribution in [0.1, 0.15) is 33.1 Å². The Labute approximate surface area is 84.8 Å². The van der Waals surface area contributed by atoms with Crippen molar-refractivity contribution in [1.29, 1.82) is 0 Å². The van der Waals surface area contributed by atoms with Crippen LogP contribution >= 0.6 is 0 Å². The van der Waals surface area contributed by atoms with E-state index in [1.165, 1.54) is 0 Å². The van der Waals surface area contributed by atoms with Crippen LogP contribution in [0.3, 0.4) is 0 Å². The third kappa shape index (κ3) is 1.69. The van der Waals surface area contributed by atoms with Crippen LogP contribution in [0.15, 0.2) is 12.7 Å². The zero-order chi connectivity index (χ0) is 10.8. The molecule has 0 spiro atoms. The first-order valence-electron chi connectivity index (χ1n) is 5.08. The second-order valence-electron chi connectivity index (χ2n) is 4.04. The van der Waals surface area contributed by atoms with Crippen LogP contribution in [0.2, 0.25) is 0 Å². The molecule has 14 heavy (non-hydrogen) atoms. The summed E-state index contributed by atoms with van der Waals surface area (Å²) in [5.74, 6) is -0.520. The fourth-order valence-corrected chi connectivity index (χ4v) is 1.76. The number of carbonyl (C=O) groups is 1. The summed E-state index contributed by atoms with van der Waals surface area (Å²) in [6.45, 7) is 7.56. The average Bonchev–Trinajstić information content (AvgIpc) is 2.40. The minimum atomic E-state index is -1.05. The minimum Gasteiger partial charge on any atom is -0.459 e. The zero-order valence-corrected chi connectivity index (χ0v) is 8.82. The van der Waals surface area contributed by atoms with Crippen LogP contribution in [0.4, 0.5) is 0 Å². The van der Waals surface area contributed by atoms with Crippen molar-refractivity contribution >= 4 is 5.97 Å². The number of aliphatic hydroxyl groups excluding tert-OH is 1. The highest BCUT2D eigenvalue weighted by atomic mass is 16.6. The lowest BCUT2D eigenvalue weighted by atomic mass is 9.79. The van der Waals surface area contributed by atoms with Gasteiger partial charge in [0, 0.05) is 0 Å². The van der Waals surface area contributed by atoms with Crippen molar-refractivity contribution < 1.29 is 14.6 Å². The predicted molar refractivity (Wildman–Crippen MR) is 53.7 cm³/mol. The molecule has 80 valence electrons. The van der Waals surface area contributed by atoms with Gasteiger partial charge in [-0.05, 0) is 13.3 Å². The highest BCUT2D eigenvalue weighted by Crippen LogP contribution is 2.39. The fourth-order valence-electron chi connectivity index (χ4n) is 1.76. The standard InChI is InChI=1S/C11H18O3/c1-4-6-7-8-11(3,5-2)9(12)10(13)14-8/h5,8-9,12H,2,4,6-7H2,1,3H3/t8-,9+,11-/m1/s1. The molecular formula is C11H18O3. The fraction of sp³-hybridized carbons (Fsp3) is 0.727. The topological polar surface area (TPSA) is 46.5 Å². The Hall–Kier alpha value is -0.830. The molecule has 0 aliphatic carbocycles. The van der Waals surface area contributed by atoms with Crippen molar-refractivity contribution in [3.63, 3.8) is 0 Å². The van der Waals surface area contributed by atoms with E-state index >= 15 is 0 Å². The molecule has 0 radical (unpaired) electrons. The summed E-state index contributed by atoms with van der Waals surface area (Å²) in [7, 11) is 0. The van der Waals surface area contributed by atoms with E-state index in [9.17, 15) is 9.90 Å². The average molecular weight is 198 g/mol. The van der Waals surface area contributed by atoms with E-state index in [0.717, 1.165) is 19.3 Å². The number of rotatable bonds is 4. The summed E-state index contributed by atoms with van der Waals surface area (Å²) in [5.41, 5.74) is -0.619. The monoisotopic (exact) mass is 198 g/mol. The van der Waals surface area contributed by atoms with Crippen LogP contribution in [0, 0.1) is 5.41 Å². The summed E-state index contributed by atoms with van der Waals surface area (Å²) in [6, 6.07) is 0. The number of cyclic esters (lactones) is 1. The van der Waals surface area contributed by atoms with E-state index in [0.29, 0.717) is 0 Å². The van der Waals surface area contributed by atoms with Crippen LogP contribution in [-0.2, 0) is 9.53 Å². The minimum absolute atomic E-state index is 0.220. The molecule has 3 nitrogen and oxygen atoms in total. The molecular weight excluding hydrogens is 180 g/mol. The third-order valence-electron chi connectivity index (χ3n) is 3.02. The molecule has 1 aliphatic heterocycles. The maximum atomic E-state index is 11.2. The second-order valence-corrected chi connectivity index (χ2v) is 4.04. The first-order chi connectivity index (χ1) is 6.56. The summed E-state index contributed by atoms with van der Waals surface area (Å²) in [4.78, 5) is 11.2. The number of aliphatic hydroxyl groups is 1. The van der Waals surface area contributed by atoms with E-state index in [-0.39, 0.29) is 6.10 Å². The molecule has 3 heteroatoms. The second kappa shape index (κ2) is 4.13. The first-order valence-corrected chi connectivity index (χ1v) is 5.08. The summed E-state index contributed by atoms with van der Waals surface area (Å²) in [5, 5.41) is 9.64. The van der Waals surface area contributed by atoms with Crippen molar-refractivity contribution in [2.45, 2.75) is 45.3 Å². The van der Waals surface area contributed by atoms with Gasteiger partial charge < -0.3 is 9.84 Å². The van der Waals surface area contributed by atoms with E-state index in [1.807, 2.05) is 6.92 Å². The normalized spacial score (nSPS) is 36.9. The van der Waals surface area contributed by atoms with E-state index in [1.54, 1.807) is 6.08 Å². The maximum Gasteiger partial charge on any atom is 0.336 e. The molecule has 1 rings (SSSR count). The largest absolute Gasteiger partial charge is 0.459 e. The van der Waals surface area contributed by atoms with Crippen molar-refractivity contribution in [3.05, 3.63) is 12.7 Å². The number of carbonyl (C=O) groups excluding carboxylic acids is 1. The number of esters is 1. The lowest BCUT2D eigenvalue weighted by Crippen LogP contribution is -2.35. The van der Waals surface area contributed by atoms with E-state index in [4.69, 9.17) is 4.74 Å². The van der Waals surface area contributed by atoms with E-state index < -0.39 is 17.5 Å². The molecule has 1 N–H and O–H groups in total. The molecule has 0 unspecified atom stereocenters. The number of unbranched alkanes of at least 4 members (excludes halogenated alkanes) is 1. The van der Waals surface area contributed by atoms with Crippen molar-refractivity contribution in [2.24, 2.45) is 5.41 Å². The number of hydrogen-bond donors (Lipinski definition) is 1. The smallest absolute Gasteiger partial charge is 0.336 e. The lowest BCUT2D eigenvalue weighted by Gasteiger charge is -2.26. The van der Waals surface area contributed by atoms with Crippen molar-refractivity contribution in [3.8, 4) is 0 Å². The predicted octanol–water partition coefficient (Wildman–Crippen LogP) is 1.66. The first kappa shape index (κ1) is 11.2. The van der Waals surface area contributed by atoms with Gasteiger partial charge >= 0.3 is 5.97 Å². The van der Waals surface area contributed by atoms with Gasteiger partial charge in [-0.2, -0.15) is 0 Å². The van der Waals surface area contributed by atoms with Crippen molar-refractivity contribution in [2.75, 3.05) is 0 Å². The van der Waals surface area contributed by atoms with Crippen LogP contribution in [-0.4, -0.2) is 23.3 Å². The van der Waals surface area contributed by atoms with Crippen LogP contribution in [0.25, 0.3) is 0 Å². The Morgan fingerprint density at radius 1 is 1.71 bits per heavy atom.